The molecule has 4 heteroatoms. The fourth-order valence-corrected chi connectivity index (χ4v) is 2.07. The molecule has 1 aromatic rings. The molecule has 0 aromatic carbocycles. The van der Waals surface area contributed by atoms with Gasteiger partial charge in [0, 0.05) is 12.1 Å². The second-order valence-electron chi connectivity index (χ2n) is 4.94. The predicted molar refractivity (Wildman–Crippen MR) is 64.0 cm³/mol. The molecule has 0 amide bonds. The molecule has 1 saturated carbocycles. The van der Waals surface area contributed by atoms with Gasteiger partial charge < -0.3 is 14.8 Å². The van der Waals surface area contributed by atoms with Crippen LogP contribution in [0.2, 0.25) is 0 Å². The lowest BCUT2D eigenvalue weighted by Crippen LogP contribution is -2.21. The maximum Gasteiger partial charge on any atom is 0.371 e. The van der Waals surface area contributed by atoms with Crippen LogP contribution in [0.4, 0.5) is 0 Å². The van der Waals surface area contributed by atoms with Crippen molar-refractivity contribution < 1.29 is 14.3 Å². The first kappa shape index (κ1) is 12.2. The molecule has 1 fully saturated rings. The van der Waals surface area contributed by atoms with Gasteiger partial charge in [-0.1, -0.05) is 6.92 Å². The van der Waals surface area contributed by atoms with Gasteiger partial charge in [0.25, 0.3) is 0 Å². The van der Waals surface area contributed by atoms with Gasteiger partial charge in [-0.25, -0.2) is 4.79 Å². The average molecular weight is 237 g/mol. The first-order valence-electron chi connectivity index (χ1n) is 6.11. The maximum absolute atomic E-state index is 10.7. The van der Waals surface area contributed by atoms with Crippen LogP contribution in [0.3, 0.4) is 0 Å². The van der Waals surface area contributed by atoms with Crippen molar-refractivity contribution in [3.63, 3.8) is 0 Å². The quantitative estimate of drug-likeness (QED) is 0.797. The Hall–Kier alpha value is -1.29. The third kappa shape index (κ3) is 3.09. The van der Waals surface area contributed by atoms with E-state index in [9.17, 15) is 4.79 Å². The van der Waals surface area contributed by atoms with Gasteiger partial charge in [-0.2, -0.15) is 0 Å². The molecule has 1 unspecified atom stereocenters. The number of aryl methyl sites for hydroxylation is 1. The van der Waals surface area contributed by atoms with E-state index in [-0.39, 0.29) is 5.76 Å². The summed E-state index contributed by atoms with van der Waals surface area (Å²) in [6.07, 6.45) is 2.72. The van der Waals surface area contributed by atoms with Crippen LogP contribution in [-0.4, -0.2) is 17.6 Å². The molecule has 1 aliphatic rings. The first-order chi connectivity index (χ1) is 8.08. The van der Waals surface area contributed by atoms with Crippen LogP contribution in [0, 0.1) is 18.8 Å². The van der Waals surface area contributed by atoms with Gasteiger partial charge in [-0.3, -0.25) is 0 Å². The van der Waals surface area contributed by atoms with Crippen LogP contribution in [0.15, 0.2) is 10.5 Å². The zero-order chi connectivity index (χ0) is 12.4. The molecule has 17 heavy (non-hydrogen) atoms. The summed E-state index contributed by atoms with van der Waals surface area (Å²) in [4.78, 5) is 10.7. The molecule has 0 spiro atoms. The number of hydrogen-bond donors (Lipinski definition) is 2. The molecule has 0 saturated heterocycles. The van der Waals surface area contributed by atoms with E-state index in [1.165, 1.54) is 12.8 Å². The normalized spacial score (nSPS) is 17.1. The van der Waals surface area contributed by atoms with Crippen LogP contribution < -0.4 is 5.32 Å². The zero-order valence-corrected chi connectivity index (χ0v) is 10.3. The van der Waals surface area contributed by atoms with Crippen molar-refractivity contribution >= 4 is 5.97 Å². The highest BCUT2D eigenvalue weighted by Crippen LogP contribution is 2.36. The lowest BCUT2D eigenvalue weighted by molar-refractivity contribution is 0.0661. The highest BCUT2D eigenvalue weighted by Gasteiger charge is 2.27. The molecular weight excluding hydrogens is 218 g/mol. The van der Waals surface area contributed by atoms with Crippen LogP contribution in [-0.2, 0) is 6.54 Å². The third-order valence-corrected chi connectivity index (χ3v) is 3.44. The minimum atomic E-state index is -1.01. The Morgan fingerprint density at radius 2 is 2.35 bits per heavy atom. The number of nitrogens with one attached hydrogen (secondary N) is 1. The maximum atomic E-state index is 10.7. The smallest absolute Gasteiger partial charge is 0.371 e. The van der Waals surface area contributed by atoms with Crippen molar-refractivity contribution in [3.8, 4) is 0 Å². The Kier molecular flexibility index (Phi) is 3.52. The first-order valence-corrected chi connectivity index (χ1v) is 6.11. The van der Waals surface area contributed by atoms with Crippen LogP contribution in [0.5, 0.6) is 0 Å². The van der Waals surface area contributed by atoms with Gasteiger partial charge in [-0.05, 0) is 44.2 Å². The number of carbonyl (C=O) groups is 1. The molecule has 1 heterocycles. The molecule has 2 N–H and O–H groups in total. The summed E-state index contributed by atoms with van der Waals surface area (Å²) in [5, 5.41) is 12.2. The summed E-state index contributed by atoms with van der Waals surface area (Å²) < 4.78 is 5.15. The molecule has 0 aliphatic heterocycles. The van der Waals surface area contributed by atoms with Gasteiger partial charge >= 0.3 is 5.97 Å². The number of aromatic carboxylic acids is 1. The predicted octanol–water partition coefficient (Wildman–Crippen LogP) is 2.42. The van der Waals surface area contributed by atoms with E-state index in [1.54, 1.807) is 13.0 Å². The van der Waals surface area contributed by atoms with Gasteiger partial charge in [0.1, 0.15) is 5.76 Å². The summed E-state index contributed by atoms with van der Waals surface area (Å²) in [5.41, 5.74) is 0.936. The van der Waals surface area contributed by atoms with E-state index in [2.05, 4.69) is 12.2 Å². The van der Waals surface area contributed by atoms with Gasteiger partial charge in [-0.15, -0.1) is 0 Å². The number of rotatable bonds is 6. The largest absolute Gasteiger partial charge is 0.475 e. The van der Waals surface area contributed by atoms with Crippen molar-refractivity contribution in [2.45, 2.75) is 33.2 Å². The molecule has 2 rings (SSSR count). The monoisotopic (exact) mass is 237 g/mol. The summed E-state index contributed by atoms with van der Waals surface area (Å²) in [5.74, 6) is 1.30. The summed E-state index contributed by atoms with van der Waals surface area (Å²) in [7, 11) is 0. The Labute approximate surface area is 101 Å². The number of furan rings is 1. The van der Waals surface area contributed by atoms with Crippen molar-refractivity contribution in [1.82, 2.24) is 5.32 Å². The van der Waals surface area contributed by atoms with Crippen LogP contribution in [0.25, 0.3) is 0 Å². The molecule has 0 bridgehead atoms. The fraction of sp³-hybridized carbons (Fsp3) is 0.615. The Balaban J connectivity index is 1.83. The SMILES string of the molecule is Cc1oc(C(=O)O)cc1CNCC(C)C1CC1. The standard InChI is InChI=1S/C13H19NO3/c1-8(10-3-4-10)6-14-7-11-5-12(13(15)16)17-9(11)2/h5,8,10,14H,3-4,6-7H2,1-2H3,(H,15,16). The van der Waals surface area contributed by atoms with E-state index in [0.717, 1.165) is 18.0 Å². The van der Waals surface area contributed by atoms with Gasteiger partial charge in [0.2, 0.25) is 5.76 Å². The minimum Gasteiger partial charge on any atom is -0.475 e. The van der Waals surface area contributed by atoms with E-state index in [1.807, 2.05) is 0 Å². The second kappa shape index (κ2) is 4.92. The Bertz CT molecular complexity index is 407. The summed E-state index contributed by atoms with van der Waals surface area (Å²) >= 11 is 0. The van der Waals surface area contributed by atoms with Crippen molar-refractivity contribution in [2.75, 3.05) is 6.54 Å². The summed E-state index contributed by atoms with van der Waals surface area (Å²) in [6.45, 7) is 5.72. The highest BCUT2D eigenvalue weighted by atomic mass is 16.4. The van der Waals surface area contributed by atoms with Crippen molar-refractivity contribution in [3.05, 3.63) is 23.2 Å². The Morgan fingerprint density at radius 1 is 1.65 bits per heavy atom. The lowest BCUT2D eigenvalue weighted by atomic mass is 10.1. The van der Waals surface area contributed by atoms with Gasteiger partial charge in [0.15, 0.2) is 0 Å². The van der Waals surface area contributed by atoms with Crippen molar-refractivity contribution in [1.29, 1.82) is 0 Å². The third-order valence-electron chi connectivity index (χ3n) is 3.44. The minimum absolute atomic E-state index is 0.0227. The fourth-order valence-electron chi connectivity index (χ4n) is 2.07. The molecule has 1 aromatic heterocycles. The molecule has 4 nitrogen and oxygen atoms in total. The van der Waals surface area contributed by atoms with E-state index in [4.69, 9.17) is 9.52 Å². The van der Waals surface area contributed by atoms with Crippen LogP contribution in [0.1, 0.15) is 41.6 Å². The van der Waals surface area contributed by atoms with E-state index in [0.29, 0.717) is 18.2 Å². The van der Waals surface area contributed by atoms with Gasteiger partial charge in [0.05, 0.1) is 0 Å². The molecular formula is C13H19NO3. The van der Waals surface area contributed by atoms with E-state index >= 15 is 0 Å². The highest BCUT2D eigenvalue weighted by molar-refractivity contribution is 5.84. The molecule has 0 radical (unpaired) electrons. The number of hydrogen-bond acceptors (Lipinski definition) is 3. The van der Waals surface area contributed by atoms with Crippen LogP contribution >= 0.6 is 0 Å². The number of carboxylic acid groups (broad SMARTS) is 1. The second-order valence-corrected chi connectivity index (χ2v) is 4.94. The average Bonchev–Trinajstić information content (AvgIpc) is 3.04. The lowest BCUT2D eigenvalue weighted by Gasteiger charge is -2.10. The molecule has 94 valence electrons. The number of carboxylic acids is 1. The van der Waals surface area contributed by atoms with Crippen molar-refractivity contribution in [2.24, 2.45) is 11.8 Å². The Morgan fingerprint density at radius 3 is 2.88 bits per heavy atom. The summed E-state index contributed by atoms with van der Waals surface area (Å²) in [6, 6.07) is 1.60. The topological polar surface area (TPSA) is 62.5 Å². The zero-order valence-electron chi connectivity index (χ0n) is 10.3. The molecule has 1 aliphatic carbocycles. The van der Waals surface area contributed by atoms with E-state index < -0.39 is 5.97 Å². The molecule has 1 atom stereocenters.